The zero-order valence-electron chi connectivity index (χ0n) is 19.2. The minimum atomic E-state index is -0.259. The summed E-state index contributed by atoms with van der Waals surface area (Å²) in [6.07, 6.45) is 5.13. The Kier molecular flexibility index (Phi) is 8.05. The van der Waals surface area contributed by atoms with E-state index in [4.69, 9.17) is 16.9 Å². The third kappa shape index (κ3) is 5.96. The fourth-order valence-electron chi connectivity index (χ4n) is 4.10. The van der Waals surface area contributed by atoms with Crippen LogP contribution in [0.15, 0.2) is 30.5 Å². The quantitative estimate of drug-likeness (QED) is 0.616. The topological polar surface area (TPSA) is 85.2 Å². The molecule has 1 fully saturated rings. The predicted molar refractivity (Wildman–Crippen MR) is 126 cm³/mol. The van der Waals surface area contributed by atoms with Crippen LogP contribution in [0.5, 0.6) is 0 Å². The average molecular weight is 455 g/mol. The van der Waals surface area contributed by atoms with Gasteiger partial charge in [0.2, 0.25) is 5.82 Å². The third-order valence-electron chi connectivity index (χ3n) is 5.82. The van der Waals surface area contributed by atoms with Gasteiger partial charge in [-0.3, -0.25) is 20.1 Å². The monoisotopic (exact) mass is 454 g/mol. The number of amides is 1. The molecule has 0 aliphatic carbocycles. The van der Waals surface area contributed by atoms with Crippen molar-refractivity contribution in [2.45, 2.75) is 65.6 Å². The normalized spacial score (nSPS) is 18.9. The van der Waals surface area contributed by atoms with E-state index in [0.717, 1.165) is 6.54 Å². The number of rotatable bonds is 7. The molecule has 1 amide bonds. The summed E-state index contributed by atoms with van der Waals surface area (Å²) in [7, 11) is 0. The lowest BCUT2D eigenvalue weighted by Gasteiger charge is -2.39. The molecule has 2 atom stereocenters. The molecule has 7 nitrogen and oxygen atoms in total. The number of hydrogen-bond acceptors (Lipinski definition) is 6. The molecule has 2 unspecified atom stereocenters. The molecular weight excluding hydrogens is 424 g/mol. The van der Waals surface area contributed by atoms with Crippen molar-refractivity contribution in [2.75, 3.05) is 11.6 Å². The molecule has 32 heavy (non-hydrogen) atoms. The van der Waals surface area contributed by atoms with Gasteiger partial charge < -0.3 is 0 Å². The second-order valence-corrected chi connectivity index (χ2v) is 9.33. The van der Waals surface area contributed by atoms with E-state index in [0.29, 0.717) is 30.0 Å². The highest BCUT2D eigenvalue weighted by Crippen LogP contribution is 2.25. The second-order valence-electron chi connectivity index (χ2n) is 8.92. The summed E-state index contributed by atoms with van der Waals surface area (Å²) in [6.45, 7) is 9.99. The van der Waals surface area contributed by atoms with Crippen molar-refractivity contribution in [3.63, 3.8) is 0 Å². The molecule has 2 heterocycles. The number of likely N-dealkylation sites (tertiary alicyclic amines) is 1. The van der Waals surface area contributed by atoms with E-state index in [1.807, 2.05) is 44.2 Å². The van der Waals surface area contributed by atoms with Crippen molar-refractivity contribution in [3.05, 3.63) is 52.4 Å². The molecule has 8 heteroatoms. The van der Waals surface area contributed by atoms with Gasteiger partial charge in [-0.1, -0.05) is 44.0 Å². The molecule has 0 spiro atoms. The summed E-state index contributed by atoms with van der Waals surface area (Å²) < 4.78 is 0. The number of nitrogens with zero attached hydrogens (tertiary/aromatic N) is 5. The van der Waals surface area contributed by atoms with Crippen LogP contribution in [0.2, 0.25) is 5.02 Å². The van der Waals surface area contributed by atoms with E-state index < -0.39 is 0 Å². The predicted octanol–water partition coefficient (Wildman–Crippen LogP) is 4.57. The molecule has 1 aromatic carbocycles. The van der Waals surface area contributed by atoms with E-state index in [1.54, 1.807) is 5.01 Å². The lowest BCUT2D eigenvalue weighted by molar-refractivity contribution is 0.0941. The lowest BCUT2D eigenvalue weighted by Crippen LogP contribution is -2.45. The fraction of sp³-hybridized carbons (Fsp3) is 0.500. The van der Waals surface area contributed by atoms with Gasteiger partial charge in [0.05, 0.1) is 6.20 Å². The number of nitriles is 1. The van der Waals surface area contributed by atoms with E-state index in [1.165, 1.54) is 31.0 Å². The van der Waals surface area contributed by atoms with E-state index in [2.05, 4.69) is 34.1 Å². The standard InChI is InChI=1S/C24H31ClN6O/c1-16(2)14-31(23-21(25)13-27-22(12-26)28-23)29-24(32)20-10-8-19(9-11-20)15-30-17(3)6-5-7-18(30)4/h8-11,13,16-18H,5-7,14-15H2,1-4H3,(H,29,32). The van der Waals surface area contributed by atoms with Crippen LogP contribution in [0.4, 0.5) is 5.82 Å². The number of aromatic nitrogens is 2. The highest BCUT2D eigenvalue weighted by Gasteiger charge is 2.24. The molecule has 3 rings (SSSR count). The van der Waals surface area contributed by atoms with Gasteiger partial charge in [0.15, 0.2) is 5.82 Å². The van der Waals surface area contributed by atoms with Crippen molar-refractivity contribution >= 4 is 23.3 Å². The molecule has 1 N–H and O–H groups in total. The Morgan fingerprint density at radius 3 is 2.53 bits per heavy atom. The number of piperidine rings is 1. The summed E-state index contributed by atoms with van der Waals surface area (Å²) in [4.78, 5) is 23.6. The Morgan fingerprint density at radius 2 is 1.94 bits per heavy atom. The Hall–Kier alpha value is -2.69. The van der Waals surface area contributed by atoms with Crippen LogP contribution in [0, 0.1) is 17.2 Å². The number of carbonyl (C=O) groups is 1. The van der Waals surface area contributed by atoms with Gasteiger partial charge in [-0.25, -0.2) is 4.98 Å². The largest absolute Gasteiger partial charge is 0.294 e. The molecular formula is C24H31ClN6O. The van der Waals surface area contributed by atoms with Crippen molar-refractivity contribution < 1.29 is 4.79 Å². The second kappa shape index (κ2) is 10.8. The van der Waals surface area contributed by atoms with Gasteiger partial charge >= 0.3 is 0 Å². The SMILES string of the molecule is CC(C)CN(NC(=O)c1ccc(CN2C(C)CCCC2C)cc1)c1nc(C#N)ncc1Cl. The lowest BCUT2D eigenvalue weighted by atomic mass is 9.96. The molecule has 170 valence electrons. The third-order valence-corrected chi connectivity index (χ3v) is 6.09. The van der Waals surface area contributed by atoms with Crippen LogP contribution in [0.3, 0.4) is 0 Å². The number of carbonyl (C=O) groups excluding carboxylic acids is 1. The first-order valence-electron chi connectivity index (χ1n) is 11.1. The summed E-state index contributed by atoms with van der Waals surface area (Å²) in [5.41, 5.74) is 4.63. The molecule has 1 aliphatic heterocycles. The van der Waals surface area contributed by atoms with E-state index >= 15 is 0 Å². The van der Waals surface area contributed by atoms with Gasteiger partial charge in [-0.15, -0.1) is 0 Å². The van der Waals surface area contributed by atoms with Crippen LogP contribution in [-0.2, 0) is 6.54 Å². The highest BCUT2D eigenvalue weighted by atomic mass is 35.5. The maximum absolute atomic E-state index is 13.0. The first-order chi connectivity index (χ1) is 15.3. The molecule has 0 radical (unpaired) electrons. The first kappa shape index (κ1) is 24.0. The van der Waals surface area contributed by atoms with Gasteiger partial charge in [-0.2, -0.15) is 10.2 Å². The number of nitrogens with one attached hydrogen (secondary N) is 1. The molecule has 1 saturated heterocycles. The van der Waals surface area contributed by atoms with Crippen LogP contribution in [0.25, 0.3) is 0 Å². The number of hydrazine groups is 1. The average Bonchev–Trinajstić information content (AvgIpc) is 2.76. The molecule has 1 aliphatic rings. The fourth-order valence-corrected chi connectivity index (χ4v) is 4.29. The summed E-state index contributed by atoms with van der Waals surface area (Å²) >= 11 is 6.27. The molecule has 1 aromatic heterocycles. The van der Waals surface area contributed by atoms with E-state index in [-0.39, 0.29) is 22.7 Å². The van der Waals surface area contributed by atoms with Crippen LogP contribution >= 0.6 is 11.6 Å². The van der Waals surface area contributed by atoms with Crippen molar-refractivity contribution in [3.8, 4) is 6.07 Å². The highest BCUT2D eigenvalue weighted by molar-refractivity contribution is 6.32. The Bertz CT molecular complexity index is 961. The Labute approximate surface area is 195 Å². The zero-order valence-corrected chi connectivity index (χ0v) is 19.9. The van der Waals surface area contributed by atoms with E-state index in [9.17, 15) is 4.79 Å². The molecule has 0 bridgehead atoms. The first-order valence-corrected chi connectivity index (χ1v) is 11.5. The number of hydrogen-bond donors (Lipinski definition) is 1. The Morgan fingerprint density at radius 1 is 1.28 bits per heavy atom. The number of halogens is 1. The Balaban J connectivity index is 1.73. The van der Waals surface area contributed by atoms with Gasteiger partial charge in [-0.05, 0) is 50.3 Å². The van der Waals surface area contributed by atoms with Crippen LogP contribution < -0.4 is 10.4 Å². The summed E-state index contributed by atoms with van der Waals surface area (Å²) in [6, 6.07) is 10.8. The van der Waals surface area contributed by atoms with Crippen molar-refractivity contribution in [2.24, 2.45) is 5.92 Å². The smallest absolute Gasteiger partial charge is 0.269 e. The minimum absolute atomic E-state index is 0.00192. The number of benzene rings is 1. The van der Waals surface area contributed by atoms with Crippen LogP contribution in [-0.4, -0.2) is 39.4 Å². The molecule has 0 saturated carbocycles. The summed E-state index contributed by atoms with van der Waals surface area (Å²) in [5.74, 6) is 0.274. The minimum Gasteiger partial charge on any atom is -0.294 e. The van der Waals surface area contributed by atoms with Crippen LogP contribution in [0.1, 0.15) is 68.7 Å². The summed E-state index contributed by atoms with van der Waals surface area (Å²) in [5, 5.41) is 11.0. The van der Waals surface area contributed by atoms with Crippen molar-refractivity contribution in [1.82, 2.24) is 20.3 Å². The van der Waals surface area contributed by atoms with Crippen molar-refractivity contribution in [1.29, 1.82) is 5.26 Å². The molecule has 2 aromatic rings. The number of anilines is 1. The van der Waals surface area contributed by atoms with Gasteiger partial charge in [0.1, 0.15) is 11.1 Å². The van der Waals surface area contributed by atoms with Gasteiger partial charge in [0.25, 0.3) is 5.91 Å². The zero-order chi connectivity index (χ0) is 23.3. The van der Waals surface area contributed by atoms with Gasteiger partial charge in [0, 0.05) is 30.7 Å². The maximum Gasteiger partial charge on any atom is 0.269 e. The maximum atomic E-state index is 13.0.